The number of nitrogens with zero attached hydrogens (tertiary/aromatic N) is 3. The van der Waals surface area contributed by atoms with Crippen LogP contribution in [0.1, 0.15) is 60.5 Å². The Labute approximate surface area is 233 Å². The van der Waals surface area contributed by atoms with Crippen molar-refractivity contribution < 1.29 is 24.2 Å². The predicted octanol–water partition coefficient (Wildman–Crippen LogP) is 3.59. The van der Waals surface area contributed by atoms with Gasteiger partial charge in [-0.25, -0.2) is 4.98 Å². The molecule has 1 aromatic carbocycles. The number of nitrogens with one attached hydrogen (secondary N) is 1. The van der Waals surface area contributed by atoms with Crippen LogP contribution in [-0.2, 0) is 11.2 Å². The van der Waals surface area contributed by atoms with Gasteiger partial charge in [-0.1, -0.05) is 20.8 Å². The maximum atomic E-state index is 13.4. The van der Waals surface area contributed by atoms with Crippen LogP contribution in [0.15, 0.2) is 18.2 Å². The number of piperazine rings is 1. The number of hydrogen-bond acceptors (Lipinski definition) is 8. The lowest BCUT2D eigenvalue weighted by molar-refractivity contribution is -0.146. The van der Waals surface area contributed by atoms with Crippen LogP contribution in [0.25, 0.3) is 0 Å². The summed E-state index contributed by atoms with van der Waals surface area (Å²) in [5.41, 5.74) is 1.36. The van der Waals surface area contributed by atoms with Gasteiger partial charge in [0.1, 0.15) is 0 Å². The molecule has 1 unspecified atom stereocenters. The summed E-state index contributed by atoms with van der Waals surface area (Å²) in [5, 5.41) is 15.3. The molecule has 1 aromatic heterocycles. The maximum absolute atomic E-state index is 13.4. The molecular formula is C29H38N4O5S. The lowest BCUT2D eigenvalue weighted by Gasteiger charge is -2.53. The number of likely N-dealkylation sites (N-methyl/N-ethyl adjacent to an activating group) is 1. The standard InChI is InChI=1S/C29H38N4O5S/c1-16(27(36)33-11-9-32(4)10-12-33)19-7-8-29(3)14-22-24(17(2)23(29)25(19)34)30-28(39-22)31-26(35)18-5-6-20-21(13-18)38-15-37-20/h5-6,13,16-17,19,23,25,34H,7-12,14-15H2,1-4H3,(H,30,31,35)/t16-,17-,19?,23+,25-,29-/m0/s1. The number of carbonyl (C=O) groups is 2. The molecule has 39 heavy (non-hydrogen) atoms. The molecule has 6 atom stereocenters. The highest BCUT2D eigenvalue weighted by molar-refractivity contribution is 7.15. The number of aliphatic hydroxyl groups excluding tert-OH is 1. The minimum Gasteiger partial charge on any atom is -0.454 e. The number of amides is 2. The SMILES string of the molecule is C[C@H](C(=O)N1CCN(C)CC1)C1CC[C@@]2(C)Cc3sc(NC(=O)c4ccc5c(c4)OCO5)nc3[C@@H](C)[C@@H]2[C@H]1O. The van der Waals surface area contributed by atoms with Gasteiger partial charge in [-0.15, -0.1) is 11.3 Å². The van der Waals surface area contributed by atoms with E-state index in [1.165, 1.54) is 16.2 Å². The highest BCUT2D eigenvalue weighted by atomic mass is 32.1. The molecule has 10 heteroatoms. The van der Waals surface area contributed by atoms with Crippen molar-refractivity contribution in [3.8, 4) is 11.5 Å². The van der Waals surface area contributed by atoms with Crippen molar-refractivity contribution in [3.05, 3.63) is 34.3 Å². The van der Waals surface area contributed by atoms with E-state index < -0.39 is 6.10 Å². The van der Waals surface area contributed by atoms with Gasteiger partial charge in [0.15, 0.2) is 16.6 Å². The molecule has 2 aromatic rings. The van der Waals surface area contributed by atoms with Gasteiger partial charge < -0.3 is 24.4 Å². The van der Waals surface area contributed by atoms with E-state index in [2.05, 4.69) is 31.1 Å². The van der Waals surface area contributed by atoms with E-state index in [0.29, 0.717) is 22.2 Å². The molecule has 6 rings (SSSR count). The van der Waals surface area contributed by atoms with Crippen molar-refractivity contribution in [3.63, 3.8) is 0 Å². The third-order valence-electron chi connectivity index (χ3n) is 9.62. The molecule has 1 saturated carbocycles. The quantitative estimate of drug-likeness (QED) is 0.595. The first-order valence-corrected chi connectivity index (χ1v) is 14.8. The summed E-state index contributed by atoms with van der Waals surface area (Å²) in [4.78, 5) is 36.6. The van der Waals surface area contributed by atoms with Crippen molar-refractivity contribution in [2.24, 2.45) is 23.2 Å². The molecule has 4 aliphatic rings. The molecule has 2 aliphatic heterocycles. The second-order valence-electron chi connectivity index (χ2n) is 12.1. The number of aromatic nitrogens is 1. The zero-order valence-electron chi connectivity index (χ0n) is 23.1. The van der Waals surface area contributed by atoms with Crippen LogP contribution in [0.5, 0.6) is 11.5 Å². The van der Waals surface area contributed by atoms with E-state index >= 15 is 0 Å². The zero-order valence-corrected chi connectivity index (χ0v) is 23.9. The van der Waals surface area contributed by atoms with Gasteiger partial charge >= 0.3 is 0 Å². The zero-order chi connectivity index (χ0) is 27.5. The molecule has 2 amide bonds. The van der Waals surface area contributed by atoms with Crippen molar-refractivity contribution in [2.75, 3.05) is 45.3 Å². The monoisotopic (exact) mass is 554 g/mol. The summed E-state index contributed by atoms with van der Waals surface area (Å²) in [6, 6.07) is 5.14. The van der Waals surface area contributed by atoms with Gasteiger partial charge in [-0.3, -0.25) is 14.9 Å². The van der Waals surface area contributed by atoms with Crippen LogP contribution in [-0.4, -0.2) is 77.8 Å². The highest BCUT2D eigenvalue weighted by Gasteiger charge is 2.54. The molecule has 9 nitrogen and oxygen atoms in total. The maximum Gasteiger partial charge on any atom is 0.257 e. The van der Waals surface area contributed by atoms with Gasteiger partial charge in [-0.05, 0) is 61.8 Å². The van der Waals surface area contributed by atoms with Crippen molar-refractivity contribution >= 4 is 28.3 Å². The molecule has 1 saturated heterocycles. The fourth-order valence-corrected chi connectivity index (χ4v) is 8.56. The van der Waals surface area contributed by atoms with Crippen LogP contribution < -0.4 is 14.8 Å². The fraction of sp³-hybridized carbons (Fsp3) is 0.621. The van der Waals surface area contributed by atoms with E-state index in [1.807, 2.05) is 11.8 Å². The number of rotatable bonds is 4. The predicted molar refractivity (Wildman–Crippen MR) is 148 cm³/mol. The number of aliphatic hydroxyl groups is 1. The van der Waals surface area contributed by atoms with Gasteiger partial charge in [0.2, 0.25) is 12.7 Å². The van der Waals surface area contributed by atoms with E-state index in [0.717, 1.165) is 51.1 Å². The number of ether oxygens (including phenoxy) is 2. The Morgan fingerprint density at radius 3 is 2.72 bits per heavy atom. The van der Waals surface area contributed by atoms with Crippen molar-refractivity contribution in [1.82, 2.24) is 14.8 Å². The van der Waals surface area contributed by atoms with Crippen LogP contribution in [0, 0.1) is 23.2 Å². The largest absolute Gasteiger partial charge is 0.454 e. The summed E-state index contributed by atoms with van der Waals surface area (Å²) in [6.07, 6.45) is 2.04. The summed E-state index contributed by atoms with van der Waals surface area (Å²) < 4.78 is 10.8. The Bertz CT molecular complexity index is 1270. The van der Waals surface area contributed by atoms with Gasteiger partial charge in [0, 0.05) is 48.5 Å². The topological polar surface area (TPSA) is 104 Å². The Morgan fingerprint density at radius 1 is 1.21 bits per heavy atom. The van der Waals surface area contributed by atoms with Crippen molar-refractivity contribution in [1.29, 1.82) is 0 Å². The molecular weight excluding hydrogens is 516 g/mol. The third kappa shape index (κ3) is 4.70. The molecule has 2 aliphatic carbocycles. The molecule has 2 fully saturated rings. The molecule has 0 radical (unpaired) electrons. The normalized spacial score (nSPS) is 30.8. The lowest BCUT2D eigenvalue weighted by atomic mass is 9.53. The Kier molecular flexibility index (Phi) is 6.84. The summed E-state index contributed by atoms with van der Waals surface area (Å²) in [6.45, 7) is 9.87. The average Bonchev–Trinajstić information content (AvgIpc) is 3.54. The smallest absolute Gasteiger partial charge is 0.257 e. The van der Waals surface area contributed by atoms with Crippen molar-refractivity contribution in [2.45, 2.75) is 52.1 Å². The first-order chi connectivity index (χ1) is 18.6. The summed E-state index contributed by atoms with van der Waals surface area (Å²) >= 11 is 1.53. The Hall–Kier alpha value is -2.69. The number of hydrogen-bond donors (Lipinski definition) is 2. The Balaban J connectivity index is 1.18. The number of anilines is 1. The minimum absolute atomic E-state index is 0.00556. The minimum atomic E-state index is -0.577. The summed E-state index contributed by atoms with van der Waals surface area (Å²) in [7, 11) is 2.09. The van der Waals surface area contributed by atoms with Gasteiger partial charge in [0.05, 0.1) is 11.8 Å². The lowest BCUT2D eigenvalue weighted by Crippen LogP contribution is -2.55. The Morgan fingerprint density at radius 2 is 1.95 bits per heavy atom. The van der Waals surface area contributed by atoms with E-state index in [-0.39, 0.29) is 47.7 Å². The van der Waals surface area contributed by atoms with Crippen LogP contribution in [0.2, 0.25) is 0 Å². The average molecular weight is 555 g/mol. The number of thiazole rings is 1. The molecule has 0 spiro atoms. The molecule has 0 bridgehead atoms. The van der Waals surface area contributed by atoms with Crippen LogP contribution >= 0.6 is 11.3 Å². The highest BCUT2D eigenvalue weighted by Crippen LogP contribution is 2.57. The van der Waals surface area contributed by atoms with Gasteiger partial charge in [-0.2, -0.15) is 0 Å². The van der Waals surface area contributed by atoms with Gasteiger partial charge in [0.25, 0.3) is 5.91 Å². The molecule has 2 N–H and O–H groups in total. The second-order valence-corrected chi connectivity index (χ2v) is 13.2. The van der Waals surface area contributed by atoms with E-state index in [4.69, 9.17) is 14.5 Å². The second kappa shape index (κ2) is 10.1. The third-order valence-corrected chi connectivity index (χ3v) is 10.6. The summed E-state index contributed by atoms with van der Waals surface area (Å²) in [5.74, 6) is 0.875. The van der Waals surface area contributed by atoms with Crippen LogP contribution in [0.3, 0.4) is 0 Å². The molecule has 3 heterocycles. The number of benzene rings is 1. The first-order valence-electron chi connectivity index (χ1n) is 14.0. The van der Waals surface area contributed by atoms with Crippen LogP contribution in [0.4, 0.5) is 5.13 Å². The van der Waals surface area contributed by atoms with E-state index in [1.54, 1.807) is 18.2 Å². The molecule has 210 valence electrons. The fourth-order valence-electron chi connectivity index (χ4n) is 7.31. The first kappa shape index (κ1) is 26.5. The van der Waals surface area contributed by atoms with E-state index in [9.17, 15) is 14.7 Å². The number of carbonyl (C=O) groups excluding carboxylic acids is 2. The number of fused-ring (bicyclic) bond motifs is 3.